The van der Waals surface area contributed by atoms with E-state index in [0.29, 0.717) is 22.2 Å². The molecule has 0 bridgehead atoms. The highest BCUT2D eigenvalue weighted by Crippen LogP contribution is 2.35. The van der Waals surface area contributed by atoms with Crippen LogP contribution in [0.15, 0.2) is 12.1 Å². The quantitative estimate of drug-likeness (QED) is 0.878. The van der Waals surface area contributed by atoms with Crippen molar-refractivity contribution in [1.29, 1.82) is 0 Å². The highest BCUT2D eigenvalue weighted by atomic mass is 35.5. The molecule has 17 heavy (non-hydrogen) atoms. The topological polar surface area (TPSA) is 56.8 Å². The number of halogens is 1. The highest BCUT2D eigenvalue weighted by Gasteiger charge is 2.11. The van der Waals surface area contributed by atoms with Crippen LogP contribution in [0.2, 0.25) is 5.02 Å². The number of hydrogen-bond acceptors (Lipinski definition) is 4. The van der Waals surface area contributed by atoms with E-state index in [9.17, 15) is 4.79 Å². The van der Waals surface area contributed by atoms with Crippen LogP contribution in [0.1, 0.15) is 0 Å². The largest absolute Gasteiger partial charge is 0.493 e. The lowest BCUT2D eigenvalue weighted by molar-refractivity contribution is -0.119. The molecule has 1 N–H and O–H groups in total. The SMILES string of the molecule is COCC(=O)Nc1cc(OC)c(OC)cc1Cl. The van der Waals surface area contributed by atoms with Gasteiger partial charge < -0.3 is 19.5 Å². The van der Waals surface area contributed by atoms with Gasteiger partial charge in [-0.3, -0.25) is 4.79 Å². The van der Waals surface area contributed by atoms with Crippen molar-refractivity contribution in [2.75, 3.05) is 33.3 Å². The van der Waals surface area contributed by atoms with E-state index >= 15 is 0 Å². The number of carbonyl (C=O) groups excluding carboxylic acids is 1. The highest BCUT2D eigenvalue weighted by molar-refractivity contribution is 6.34. The van der Waals surface area contributed by atoms with Gasteiger partial charge in [0.25, 0.3) is 0 Å². The van der Waals surface area contributed by atoms with Gasteiger partial charge in [0.15, 0.2) is 11.5 Å². The molecular weight excluding hydrogens is 246 g/mol. The molecule has 94 valence electrons. The van der Waals surface area contributed by atoms with Gasteiger partial charge in [-0.1, -0.05) is 11.6 Å². The number of benzene rings is 1. The van der Waals surface area contributed by atoms with Crippen LogP contribution in [0.4, 0.5) is 5.69 Å². The van der Waals surface area contributed by atoms with Crippen molar-refractivity contribution in [1.82, 2.24) is 0 Å². The number of nitrogens with one attached hydrogen (secondary N) is 1. The third kappa shape index (κ3) is 3.51. The van der Waals surface area contributed by atoms with Crippen LogP contribution < -0.4 is 14.8 Å². The predicted octanol–water partition coefficient (Wildman–Crippen LogP) is 1.94. The lowest BCUT2D eigenvalue weighted by atomic mass is 10.2. The first kappa shape index (κ1) is 13.6. The van der Waals surface area contributed by atoms with Crippen LogP contribution in [-0.4, -0.2) is 33.8 Å². The fourth-order valence-electron chi connectivity index (χ4n) is 1.27. The normalized spacial score (nSPS) is 9.88. The Morgan fingerprint density at radius 2 is 1.82 bits per heavy atom. The van der Waals surface area contributed by atoms with Gasteiger partial charge in [-0.25, -0.2) is 0 Å². The van der Waals surface area contributed by atoms with E-state index in [4.69, 9.17) is 25.8 Å². The number of hydrogen-bond donors (Lipinski definition) is 1. The number of methoxy groups -OCH3 is 3. The smallest absolute Gasteiger partial charge is 0.250 e. The zero-order valence-corrected chi connectivity index (χ0v) is 10.6. The molecule has 0 aliphatic rings. The van der Waals surface area contributed by atoms with Crippen LogP contribution >= 0.6 is 11.6 Å². The Morgan fingerprint density at radius 1 is 1.24 bits per heavy atom. The summed E-state index contributed by atoms with van der Waals surface area (Å²) < 4.78 is 14.9. The molecule has 0 saturated heterocycles. The second-order valence-electron chi connectivity index (χ2n) is 3.17. The molecule has 0 aliphatic carbocycles. The molecule has 0 spiro atoms. The van der Waals surface area contributed by atoms with Crippen molar-refractivity contribution in [2.45, 2.75) is 0 Å². The van der Waals surface area contributed by atoms with E-state index < -0.39 is 0 Å². The van der Waals surface area contributed by atoms with Crippen molar-refractivity contribution < 1.29 is 19.0 Å². The van der Waals surface area contributed by atoms with Crippen molar-refractivity contribution in [3.63, 3.8) is 0 Å². The summed E-state index contributed by atoms with van der Waals surface area (Å²) in [7, 11) is 4.46. The Hall–Kier alpha value is -1.46. The minimum Gasteiger partial charge on any atom is -0.493 e. The molecule has 1 amide bonds. The zero-order valence-electron chi connectivity index (χ0n) is 9.87. The summed E-state index contributed by atoms with van der Waals surface area (Å²) >= 11 is 5.99. The molecule has 0 unspecified atom stereocenters. The lowest BCUT2D eigenvalue weighted by Gasteiger charge is -2.12. The molecule has 1 rings (SSSR count). The first-order valence-corrected chi connectivity index (χ1v) is 5.20. The second-order valence-corrected chi connectivity index (χ2v) is 3.58. The first-order chi connectivity index (χ1) is 8.12. The van der Waals surface area contributed by atoms with Gasteiger partial charge in [-0.2, -0.15) is 0 Å². The summed E-state index contributed by atoms with van der Waals surface area (Å²) in [5.41, 5.74) is 0.450. The van der Waals surface area contributed by atoms with E-state index in [2.05, 4.69) is 5.32 Å². The Labute approximate surface area is 105 Å². The lowest BCUT2D eigenvalue weighted by Crippen LogP contribution is -2.17. The molecule has 0 saturated carbocycles. The van der Waals surface area contributed by atoms with Gasteiger partial charge in [0, 0.05) is 19.2 Å². The Balaban J connectivity index is 2.96. The summed E-state index contributed by atoms with van der Waals surface area (Å²) in [4.78, 5) is 11.4. The van der Waals surface area contributed by atoms with Crippen LogP contribution in [0, 0.1) is 0 Å². The maximum atomic E-state index is 11.4. The van der Waals surface area contributed by atoms with Crippen molar-refractivity contribution in [2.24, 2.45) is 0 Å². The molecule has 1 aromatic carbocycles. The third-order valence-electron chi connectivity index (χ3n) is 2.02. The molecule has 6 heteroatoms. The average Bonchev–Trinajstić information content (AvgIpc) is 2.31. The molecule has 0 atom stereocenters. The van der Waals surface area contributed by atoms with Crippen LogP contribution in [0.25, 0.3) is 0 Å². The first-order valence-electron chi connectivity index (χ1n) is 4.82. The van der Waals surface area contributed by atoms with Gasteiger partial charge in [0.05, 0.1) is 24.9 Å². The average molecular weight is 260 g/mol. The van der Waals surface area contributed by atoms with Crippen LogP contribution in [0.5, 0.6) is 11.5 Å². The summed E-state index contributed by atoms with van der Waals surface area (Å²) in [6, 6.07) is 3.16. The van der Waals surface area contributed by atoms with E-state index in [-0.39, 0.29) is 12.5 Å². The Bertz CT molecular complexity index is 409. The summed E-state index contributed by atoms with van der Waals surface area (Å²) in [6.07, 6.45) is 0. The number of ether oxygens (including phenoxy) is 3. The standard InChI is InChI=1S/C11H14ClNO4/c1-15-6-11(14)13-8-5-10(17-3)9(16-2)4-7(8)12/h4-5H,6H2,1-3H3,(H,13,14). The minimum absolute atomic E-state index is 0.0370. The molecule has 0 heterocycles. The van der Waals surface area contributed by atoms with Crippen molar-refractivity contribution in [3.05, 3.63) is 17.2 Å². The molecule has 0 aromatic heterocycles. The number of carbonyl (C=O) groups is 1. The number of rotatable bonds is 5. The van der Waals surface area contributed by atoms with E-state index in [1.807, 2.05) is 0 Å². The van der Waals surface area contributed by atoms with Crippen molar-refractivity contribution >= 4 is 23.2 Å². The number of anilines is 1. The monoisotopic (exact) mass is 259 g/mol. The second kappa shape index (κ2) is 6.32. The number of amides is 1. The molecule has 0 fully saturated rings. The zero-order chi connectivity index (χ0) is 12.8. The fourth-order valence-corrected chi connectivity index (χ4v) is 1.47. The van der Waals surface area contributed by atoms with Gasteiger partial charge in [0.2, 0.25) is 5.91 Å². The van der Waals surface area contributed by atoms with E-state index in [1.165, 1.54) is 21.3 Å². The van der Waals surface area contributed by atoms with E-state index in [1.54, 1.807) is 12.1 Å². The summed E-state index contributed by atoms with van der Waals surface area (Å²) in [6.45, 7) is -0.0370. The molecule has 0 radical (unpaired) electrons. The third-order valence-corrected chi connectivity index (χ3v) is 2.34. The van der Waals surface area contributed by atoms with Gasteiger partial charge in [-0.15, -0.1) is 0 Å². The molecular formula is C11H14ClNO4. The Morgan fingerprint density at radius 3 is 2.35 bits per heavy atom. The maximum Gasteiger partial charge on any atom is 0.250 e. The van der Waals surface area contributed by atoms with Crippen LogP contribution in [0.3, 0.4) is 0 Å². The van der Waals surface area contributed by atoms with Crippen molar-refractivity contribution in [3.8, 4) is 11.5 Å². The summed E-state index contributed by atoms with van der Waals surface area (Å²) in [5, 5.41) is 2.97. The van der Waals surface area contributed by atoms with Crippen LogP contribution in [-0.2, 0) is 9.53 Å². The van der Waals surface area contributed by atoms with Gasteiger partial charge in [-0.05, 0) is 0 Å². The predicted molar refractivity (Wildman–Crippen MR) is 65.1 cm³/mol. The van der Waals surface area contributed by atoms with Gasteiger partial charge >= 0.3 is 0 Å². The fraction of sp³-hybridized carbons (Fsp3) is 0.364. The van der Waals surface area contributed by atoms with E-state index in [0.717, 1.165) is 0 Å². The minimum atomic E-state index is -0.290. The molecule has 5 nitrogen and oxygen atoms in total. The maximum absolute atomic E-state index is 11.4. The Kier molecular flexibility index (Phi) is 5.06. The summed E-state index contributed by atoms with van der Waals surface area (Å²) in [5.74, 6) is 0.702. The molecule has 0 aliphatic heterocycles. The van der Waals surface area contributed by atoms with Gasteiger partial charge in [0.1, 0.15) is 6.61 Å². The molecule has 1 aromatic rings.